The van der Waals surface area contributed by atoms with Crippen molar-refractivity contribution in [1.29, 1.82) is 0 Å². The van der Waals surface area contributed by atoms with Crippen molar-refractivity contribution < 1.29 is 18.9 Å². The average Bonchev–Trinajstić information content (AvgIpc) is 2.66. The molecule has 1 N–H and O–H groups in total. The minimum atomic E-state index is 0.0295. The van der Waals surface area contributed by atoms with Gasteiger partial charge in [0.25, 0.3) is 0 Å². The zero-order valence-corrected chi connectivity index (χ0v) is 17.4. The maximum atomic E-state index is 6.37. The van der Waals surface area contributed by atoms with E-state index >= 15 is 0 Å². The molecule has 0 amide bonds. The molecule has 0 radical (unpaired) electrons. The van der Waals surface area contributed by atoms with Gasteiger partial charge in [0, 0.05) is 6.54 Å². The summed E-state index contributed by atoms with van der Waals surface area (Å²) in [7, 11) is 4.90. The second-order valence-electron chi connectivity index (χ2n) is 6.39. The molecule has 2 rings (SSSR count). The molecule has 2 aromatic carbocycles. The molecule has 148 valence electrons. The highest BCUT2D eigenvalue weighted by Crippen LogP contribution is 2.37. The topological polar surface area (TPSA) is 49.0 Å². The van der Waals surface area contributed by atoms with E-state index in [9.17, 15) is 0 Å². The number of hydrogen-bond acceptors (Lipinski definition) is 5. The summed E-state index contributed by atoms with van der Waals surface area (Å²) in [5, 5.41) is 3.98. The van der Waals surface area contributed by atoms with Crippen LogP contribution >= 0.6 is 11.6 Å². The summed E-state index contributed by atoms with van der Waals surface area (Å²) in [6.07, 6.45) is 0.904. The van der Waals surface area contributed by atoms with Gasteiger partial charge in [-0.25, -0.2) is 0 Å². The molecule has 0 aliphatic rings. The molecule has 5 nitrogen and oxygen atoms in total. The van der Waals surface area contributed by atoms with Crippen LogP contribution in [-0.4, -0.2) is 34.0 Å². The van der Waals surface area contributed by atoms with Gasteiger partial charge in [0.2, 0.25) is 0 Å². The van der Waals surface area contributed by atoms with Crippen LogP contribution in [0, 0.1) is 0 Å². The van der Waals surface area contributed by atoms with E-state index in [1.807, 2.05) is 44.2 Å². The van der Waals surface area contributed by atoms with E-state index in [1.165, 1.54) is 5.56 Å². The predicted octanol–water partition coefficient (Wildman–Crippen LogP) is 4.49. The lowest BCUT2D eigenvalue weighted by Crippen LogP contribution is -2.17. The minimum absolute atomic E-state index is 0.0295. The molecule has 0 atom stereocenters. The quantitative estimate of drug-likeness (QED) is 0.603. The lowest BCUT2D eigenvalue weighted by atomic mass is 10.1. The van der Waals surface area contributed by atoms with E-state index in [2.05, 4.69) is 5.32 Å². The Morgan fingerprint density at radius 3 is 2.19 bits per heavy atom. The SMILES string of the molecule is COc1ccc(CCNCc2cc(Cl)c(OC(C)C)c(OC)c2)cc1OC. The summed E-state index contributed by atoms with van der Waals surface area (Å²) in [5.41, 5.74) is 2.22. The summed E-state index contributed by atoms with van der Waals surface area (Å²) in [4.78, 5) is 0. The van der Waals surface area contributed by atoms with E-state index in [1.54, 1.807) is 21.3 Å². The maximum Gasteiger partial charge on any atom is 0.180 e. The van der Waals surface area contributed by atoms with Crippen LogP contribution in [0.2, 0.25) is 5.02 Å². The van der Waals surface area contributed by atoms with Crippen molar-refractivity contribution in [3.8, 4) is 23.0 Å². The van der Waals surface area contributed by atoms with Gasteiger partial charge in [-0.1, -0.05) is 17.7 Å². The van der Waals surface area contributed by atoms with E-state index in [0.29, 0.717) is 23.1 Å². The highest BCUT2D eigenvalue weighted by molar-refractivity contribution is 6.32. The molecule has 0 unspecified atom stereocenters. The Morgan fingerprint density at radius 2 is 1.56 bits per heavy atom. The van der Waals surface area contributed by atoms with E-state index < -0.39 is 0 Å². The van der Waals surface area contributed by atoms with Gasteiger partial charge in [0.15, 0.2) is 23.0 Å². The zero-order chi connectivity index (χ0) is 19.8. The molecule has 0 saturated heterocycles. The van der Waals surface area contributed by atoms with Crippen molar-refractivity contribution in [3.05, 3.63) is 46.5 Å². The lowest BCUT2D eigenvalue weighted by molar-refractivity contribution is 0.230. The molecule has 2 aromatic rings. The van der Waals surface area contributed by atoms with Gasteiger partial charge in [-0.05, 0) is 62.2 Å². The molecule has 0 heterocycles. The Labute approximate surface area is 166 Å². The van der Waals surface area contributed by atoms with Crippen LogP contribution in [0.3, 0.4) is 0 Å². The van der Waals surface area contributed by atoms with Crippen molar-refractivity contribution in [3.63, 3.8) is 0 Å². The molecule has 0 bridgehead atoms. The van der Waals surface area contributed by atoms with Crippen LogP contribution < -0.4 is 24.3 Å². The molecule has 0 fully saturated rings. The summed E-state index contributed by atoms with van der Waals surface area (Å²) in [5.74, 6) is 2.71. The molecule has 0 aliphatic carbocycles. The monoisotopic (exact) mass is 393 g/mol. The third-order valence-electron chi connectivity index (χ3n) is 4.01. The van der Waals surface area contributed by atoms with Crippen LogP contribution in [0.1, 0.15) is 25.0 Å². The summed E-state index contributed by atoms with van der Waals surface area (Å²) in [6.45, 7) is 5.42. The van der Waals surface area contributed by atoms with E-state index in [-0.39, 0.29) is 6.10 Å². The first-order chi connectivity index (χ1) is 13.0. The molecular formula is C21H28ClNO4. The fourth-order valence-corrected chi connectivity index (χ4v) is 3.00. The van der Waals surface area contributed by atoms with Crippen LogP contribution in [0.5, 0.6) is 23.0 Å². The summed E-state index contributed by atoms with van der Waals surface area (Å²) < 4.78 is 21.8. The smallest absolute Gasteiger partial charge is 0.180 e. The van der Waals surface area contributed by atoms with Crippen molar-refractivity contribution in [2.24, 2.45) is 0 Å². The normalized spacial score (nSPS) is 10.8. The molecule has 27 heavy (non-hydrogen) atoms. The number of methoxy groups -OCH3 is 3. The fraction of sp³-hybridized carbons (Fsp3) is 0.429. The second-order valence-corrected chi connectivity index (χ2v) is 6.80. The molecular weight excluding hydrogens is 366 g/mol. The molecule has 0 aliphatic heterocycles. The minimum Gasteiger partial charge on any atom is -0.493 e. The Hall–Kier alpha value is -2.11. The standard InChI is InChI=1S/C21H28ClNO4/c1-14(2)27-21-17(22)10-16(12-20(21)26-5)13-23-9-8-15-6-7-18(24-3)19(11-15)25-4/h6-7,10-12,14,23H,8-9,13H2,1-5H3. The van der Waals surface area contributed by atoms with Gasteiger partial charge in [0.1, 0.15) is 0 Å². The number of nitrogens with one attached hydrogen (secondary N) is 1. The van der Waals surface area contributed by atoms with Crippen LogP contribution in [0.25, 0.3) is 0 Å². The largest absolute Gasteiger partial charge is 0.493 e. The average molecular weight is 394 g/mol. The Morgan fingerprint density at radius 1 is 0.889 bits per heavy atom. The maximum absolute atomic E-state index is 6.37. The Balaban J connectivity index is 1.94. The Kier molecular flexibility index (Phi) is 8.07. The van der Waals surface area contributed by atoms with Crippen LogP contribution in [-0.2, 0) is 13.0 Å². The number of halogens is 1. The predicted molar refractivity (Wildman–Crippen MR) is 109 cm³/mol. The van der Waals surface area contributed by atoms with Gasteiger partial charge >= 0.3 is 0 Å². The van der Waals surface area contributed by atoms with Crippen molar-refractivity contribution in [2.75, 3.05) is 27.9 Å². The number of rotatable bonds is 10. The number of hydrogen-bond donors (Lipinski definition) is 1. The molecule has 0 aromatic heterocycles. The first-order valence-electron chi connectivity index (χ1n) is 8.93. The van der Waals surface area contributed by atoms with Gasteiger partial charge in [-0.3, -0.25) is 0 Å². The van der Waals surface area contributed by atoms with E-state index in [4.69, 9.17) is 30.5 Å². The van der Waals surface area contributed by atoms with Crippen LogP contribution in [0.15, 0.2) is 30.3 Å². The number of ether oxygens (including phenoxy) is 4. The third kappa shape index (κ3) is 5.94. The first-order valence-corrected chi connectivity index (χ1v) is 9.31. The number of benzene rings is 2. The third-order valence-corrected chi connectivity index (χ3v) is 4.29. The second kappa shape index (κ2) is 10.3. The summed E-state index contributed by atoms with van der Waals surface area (Å²) in [6, 6.07) is 9.82. The van der Waals surface area contributed by atoms with Gasteiger partial charge < -0.3 is 24.3 Å². The summed E-state index contributed by atoms with van der Waals surface area (Å²) >= 11 is 6.37. The van der Waals surface area contributed by atoms with Crippen molar-refractivity contribution in [2.45, 2.75) is 32.9 Å². The highest BCUT2D eigenvalue weighted by atomic mass is 35.5. The van der Waals surface area contributed by atoms with Gasteiger partial charge in [0.05, 0.1) is 32.5 Å². The van der Waals surface area contributed by atoms with E-state index in [0.717, 1.165) is 30.0 Å². The highest BCUT2D eigenvalue weighted by Gasteiger charge is 2.13. The van der Waals surface area contributed by atoms with Gasteiger partial charge in [-0.2, -0.15) is 0 Å². The van der Waals surface area contributed by atoms with Gasteiger partial charge in [-0.15, -0.1) is 0 Å². The lowest BCUT2D eigenvalue weighted by Gasteiger charge is -2.16. The van der Waals surface area contributed by atoms with Crippen molar-refractivity contribution in [1.82, 2.24) is 5.32 Å². The molecule has 0 spiro atoms. The van der Waals surface area contributed by atoms with Crippen LogP contribution in [0.4, 0.5) is 0 Å². The first kappa shape index (κ1) is 21.2. The fourth-order valence-electron chi connectivity index (χ4n) is 2.73. The van der Waals surface area contributed by atoms with Crippen molar-refractivity contribution >= 4 is 11.6 Å². The zero-order valence-electron chi connectivity index (χ0n) is 16.6. The Bertz CT molecular complexity index is 749. The molecule has 0 saturated carbocycles. The molecule has 6 heteroatoms.